The zero-order chi connectivity index (χ0) is 25.2. The van der Waals surface area contributed by atoms with Gasteiger partial charge in [-0.3, -0.25) is 19.5 Å². The summed E-state index contributed by atoms with van der Waals surface area (Å²) >= 11 is 0. The molecule has 0 spiro atoms. The highest BCUT2D eigenvalue weighted by Gasteiger charge is 2.46. The molecule has 0 bridgehead atoms. The van der Waals surface area contributed by atoms with Gasteiger partial charge in [-0.25, -0.2) is 12.7 Å². The summed E-state index contributed by atoms with van der Waals surface area (Å²) in [6.45, 7) is 3.58. The number of hydrogen-bond acceptors (Lipinski definition) is 8. The topological polar surface area (TPSA) is 120 Å². The van der Waals surface area contributed by atoms with E-state index in [4.69, 9.17) is 4.74 Å². The monoisotopic (exact) mass is 500 g/mol. The highest BCUT2D eigenvalue weighted by Crippen LogP contribution is 2.39. The Bertz CT molecular complexity index is 1220. The van der Waals surface area contributed by atoms with Crippen molar-refractivity contribution in [3.05, 3.63) is 65.5 Å². The van der Waals surface area contributed by atoms with E-state index in [2.05, 4.69) is 9.88 Å². The first-order valence-electron chi connectivity index (χ1n) is 11.2. The van der Waals surface area contributed by atoms with E-state index >= 15 is 0 Å². The number of morpholine rings is 1. The molecule has 1 aromatic carbocycles. The molecule has 0 aliphatic carbocycles. The Morgan fingerprint density at radius 1 is 1.06 bits per heavy atom. The lowest BCUT2D eigenvalue weighted by atomic mass is 9.96. The van der Waals surface area contributed by atoms with Gasteiger partial charge in [-0.2, -0.15) is 0 Å². The van der Waals surface area contributed by atoms with Gasteiger partial charge in [0.25, 0.3) is 11.7 Å². The van der Waals surface area contributed by atoms with E-state index in [0.29, 0.717) is 31.9 Å². The van der Waals surface area contributed by atoms with Crippen molar-refractivity contribution < 1.29 is 27.9 Å². The highest BCUT2D eigenvalue weighted by molar-refractivity contribution is 7.89. The first kappa shape index (κ1) is 25.0. The van der Waals surface area contributed by atoms with Crippen LogP contribution in [0, 0.1) is 0 Å². The maximum absolute atomic E-state index is 13.1. The van der Waals surface area contributed by atoms with Crippen LogP contribution in [0.2, 0.25) is 0 Å². The van der Waals surface area contributed by atoms with Crippen molar-refractivity contribution in [2.45, 2.75) is 10.9 Å². The Kier molecular flexibility index (Phi) is 7.31. The summed E-state index contributed by atoms with van der Waals surface area (Å²) in [4.78, 5) is 33.9. The van der Waals surface area contributed by atoms with Crippen molar-refractivity contribution in [2.75, 3.05) is 53.5 Å². The molecule has 186 valence electrons. The standard InChI is InChI=1S/C24H28N4O6S/c1-26(2)35(32,33)19-5-3-18(4-6-19)22(29)20-21(17-7-9-25-10-8-17)28(24(31)23(20)30)12-11-27-13-15-34-16-14-27/h3-10,21,29H,11-16H2,1-2H3/b22-20+/t21-/m0/s1. The second-order valence-corrected chi connectivity index (χ2v) is 10.7. The molecule has 11 heteroatoms. The molecule has 2 saturated heterocycles. The minimum atomic E-state index is -3.65. The second-order valence-electron chi connectivity index (χ2n) is 8.54. The van der Waals surface area contributed by atoms with Gasteiger partial charge in [0.1, 0.15) is 5.76 Å². The van der Waals surface area contributed by atoms with Crippen LogP contribution in [0.1, 0.15) is 17.2 Å². The van der Waals surface area contributed by atoms with Crippen LogP contribution in [0.25, 0.3) is 5.76 Å². The number of likely N-dealkylation sites (tertiary alicyclic amines) is 1. The summed E-state index contributed by atoms with van der Waals surface area (Å²) in [5.74, 6) is -1.82. The van der Waals surface area contributed by atoms with Crippen molar-refractivity contribution in [1.29, 1.82) is 0 Å². The molecule has 2 aliphatic heterocycles. The lowest BCUT2D eigenvalue weighted by molar-refractivity contribution is -0.140. The van der Waals surface area contributed by atoms with Gasteiger partial charge in [-0.15, -0.1) is 0 Å². The number of carbonyl (C=O) groups is 2. The number of Topliss-reactive ketones (excluding diaryl/α,β-unsaturated/α-hetero) is 1. The molecule has 10 nitrogen and oxygen atoms in total. The smallest absolute Gasteiger partial charge is 0.295 e. The summed E-state index contributed by atoms with van der Waals surface area (Å²) in [6.07, 6.45) is 3.14. The van der Waals surface area contributed by atoms with Gasteiger partial charge in [0.15, 0.2) is 0 Å². The molecule has 1 atom stereocenters. The quantitative estimate of drug-likeness (QED) is 0.341. The summed E-state index contributed by atoms with van der Waals surface area (Å²) in [6, 6.07) is 8.20. The van der Waals surface area contributed by atoms with E-state index in [9.17, 15) is 23.1 Å². The number of amides is 1. The van der Waals surface area contributed by atoms with Crippen LogP contribution in [-0.4, -0.2) is 97.8 Å². The lowest BCUT2D eigenvalue weighted by Crippen LogP contribution is -2.42. The Morgan fingerprint density at radius 3 is 2.29 bits per heavy atom. The molecule has 3 heterocycles. The Balaban J connectivity index is 1.71. The summed E-state index contributed by atoms with van der Waals surface area (Å²) in [5, 5.41) is 11.2. The largest absolute Gasteiger partial charge is 0.507 e. The van der Waals surface area contributed by atoms with Crippen LogP contribution < -0.4 is 0 Å². The lowest BCUT2D eigenvalue weighted by Gasteiger charge is -2.31. The molecule has 0 saturated carbocycles. The molecule has 0 radical (unpaired) electrons. The number of pyridine rings is 1. The van der Waals surface area contributed by atoms with Gasteiger partial charge in [0.2, 0.25) is 10.0 Å². The van der Waals surface area contributed by atoms with Crippen LogP contribution in [0.3, 0.4) is 0 Å². The number of benzene rings is 1. The Morgan fingerprint density at radius 2 is 1.69 bits per heavy atom. The van der Waals surface area contributed by atoms with Crippen LogP contribution in [0.15, 0.2) is 59.3 Å². The number of rotatable bonds is 7. The molecule has 2 aromatic rings. The third-order valence-electron chi connectivity index (χ3n) is 6.23. The van der Waals surface area contributed by atoms with Gasteiger partial charge in [-0.1, -0.05) is 0 Å². The minimum Gasteiger partial charge on any atom is -0.507 e. The average Bonchev–Trinajstić information content (AvgIpc) is 3.13. The van der Waals surface area contributed by atoms with Gasteiger partial charge >= 0.3 is 0 Å². The fourth-order valence-electron chi connectivity index (χ4n) is 4.23. The fourth-order valence-corrected chi connectivity index (χ4v) is 5.13. The molecule has 1 N–H and O–H groups in total. The molecular formula is C24H28N4O6S. The number of aromatic nitrogens is 1. The van der Waals surface area contributed by atoms with Crippen molar-refractivity contribution in [3.8, 4) is 0 Å². The first-order valence-corrected chi connectivity index (χ1v) is 12.7. The summed E-state index contributed by atoms with van der Waals surface area (Å²) < 4.78 is 31.2. The van der Waals surface area contributed by atoms with Crippen molar-refractivity contribution in [3.63, 3.8) is 0 Å². The van der Waals surface area contributed by atoms with Crippen LogP contribution in [0.5, 0.6) is 0 Å². The molecule has 35 heavy (non-hydrogen) atoms. The molecule has 0 unspecified atom stereocenters. The molecule has 2 aliphatic rings. The molecule has 1 amide bonds. The molecular weight excluding hydrogens is 472 g/mol. The number of nitrogens with zero attached hydrogens (tertiary/aromatic N) is 4. The number of ether oxygens (including phenoxy) is 1. The minimum absolute atomic E-state index is 0.0357. The number of ketones is 1. The molecule has 2 fully saturated rings. The van der Waals surface area contributed by atoms with Gasteiger partial charge in [0.05, 0.1) is 29.7 Å². The number of aliphatic hydroxyl groups excluding tert-OH is 1. The third-order valence-corrected chi connectivity index (χ3v) is 8.06. The first-order chi connectivity index (χ1) is 16.7. The van der Waals surface area contributed by atoms with Crippen molar-refractivity contribution >= 4 is 27.5 Å². The average molecular weight is 501 g/mol. The molecule has 4 rings (SSSR count). The normalized spacial score (nSPS) is 21.1. The Labute approximate surface area is 204 Å². The van der Waals surface area contributed by atoms with Gasteiger partial charge in [0, 0.05) is 58.2 Å². The predicted octanol–water partition coefficient (Wildman–Crippen LogP) is 1.09. The van der Waals surface area contributed by atoms with Gasteiger partial charge in [-0.05, 0) is 42.0 Å². The van der Waals surface area contributed by atoms with E-state index in [1.165, 1.54) is 43.3 Å². The maximum Gasteiger partial charge on any atom is 0.295 e. The highest BCUT2D eigenvalue weighted by atomic mass is 32.2. The molecule has 1 aromatic heterocycles. The maximum atomic E-state index is 13.1. The fraction of sp³-hybridized carbons (Fsp3) is 0.375. The number of hydrogen-bond donors (Lipinski definition) is 1. The van der Waals surface area contributed by atoms with Crippen molar-refractivity contribution in [1.82, 2.24) is 19.1 Å². The third kappa shape index (κ3) is 4.98. The van der Waals surface area contributed by atoms with E-state index in [0.717, 1.165) is 17.4 Å². The second kappa shape index (κ2) is 10.2. The van der Waals surface area contributed by atoms with E-state index in [1.54, 1.807) is 24.5 Å². The van der Waals surface area contributed by atoms with E-state index in [-0.39, 0.29) is 21.8 Å². The van der Waals surface area contributed by atoms with Crippen molar-refractivity contribution in [2.24, 2.45) is 0 Å². The van der Waals surface area contributed by atoms with Gasteiger partial charge < -0.3 is 14.7 Å². The zero-order valence-electron chi connectivity index (χ0n) is 19.6. The number of sulfonamides is 1. The SMILES string of the molecule is CN(C)S(=O)(=O)c1ccc(/C(O)=C2\C(=O)C(=O)N(CCN3CCOCC3)[C@H]2c2ccncc2)cc1. The summed E-state index contributed by atoms with van der Waals surface area (Å²) in [5.41, 5.74) is 0.855. The van der Waals surface area contributed by atoms with Crippen LogP contribution >= 0.6 is 0 Å². The summed E-state index contributed by atoms with van der Waals surface area (Å²) in [7, 11) is -0.799. The zero-order valence-corrected chi connectivity index (χ0v) is 20.4. The predicted molar refractivity (Wildman–Crippen MR) is 128 cm³/mol. The Hall–Kier alpha value is -3.12. The van der Waals surface area contributed by atoms with E-state index < -0.39 is 27.8 Å². The number of carbonyl (C=O) groups excluding carboxylic acids is 2. The number of aliphatic hydroxyl groups is 1. The van der Waals surface area contributed by atoms with E-state index in [1.807, 2.05) is 0 Å². The van der Waals surface area contributed by atoms with Crippen LogP contribution in [0.4, 0.5) is 0 Å². The van der Waals surface area contributed by atoms with Crippen LogP contribution in [-0.2, 0) is 24.3 Å².